The molecule has 3 N–H and O–H groups in total. The van der Waals surface area contributed by atoms with E-state index >= 15 is 0 Å². The number of rotatable bonds is 3. The summed E-state index contributed by atoms with van der Waals surface area (Å²) in [4.78, 5) is 20.3. The van der Waals surface area contributed by atoms with Crippen molar-refractivity contribution in [2.45, 2.75) is 13.1 Å². The Hall–Kier alpha value is -3.63. The van der Waals surface area contributed by atoms with E-state index < -0.39 is 29.3 Å². The number of aliphatic hydroxyl groups is 2. The molecule has 1 amide bonds. The molecule has 2 aromatic carbocycles. The quantitative estimate of drug-likeness (QED) is 0.577. The van der Waals surface area contributed by atoms with Crippen LogP contribution in [0.25, 0.3) is 11.3 Å². The zero-order valence-corrected chi connectivity index (χ0v) is 14.8. The Morgan fingerprint density at radius 3 is 2.34 bits per heavy atom. The second-order valence-corrected chi connectivity index (χ2v) is 6.20. The van der Waals surface area contributed by atoms with Crippen molar-refractivity contribution in [2.24, 2.45) is 0 Å². The lowest BCUT2D eigenvalue weighted by Gasteiger charge is -2.10. The molecule has 0 unspecified atom stereocenters. The number of nitrogens with zero attached hydrogens (tertiary/aromatic N) is 2. The first-order valence-corrected chi connectivity index (χ1v) is 8.29. The van der Waals surface area contributed by atoms with E-state index in [2.05, 4.69) is 15.3 Å². The molecule has 0 aliphatic carbocycles. The van der Waals surface area contributed by atoms with Gasteiger partial charge in [-0.1, -0.05) is 6.07 Å². The average molecular weight is 401 g/mol. The molecular weight excluding hydrogens is 388 g/mol. The monoisotopic (exact) mass is 401 g/mol. The van der Waals surface area contributed by atoms with Crippen LogP contribution in [-0.4, -0.2) is 32.2 Å². The largest absolute Gasteiger partial charge is 0.505 e. The number of fused-ring (bicyclic) bond motifs is 1. The number of carbonyl (C=O) groups is 1. The van der Waals surface area contributed by atoms with Crippen LogP contribution in [0.1, 0.15) is 15.9 Å². The van der Waals surface area contributed by atoms with Crippen molar-refractivity contribution >= 4 is 11.7 Å². The van der Waals surface area contributed by atoms with Crippen LogP contribution < -0.4 is 14.8 Å². The molecule has 0 spiro atoms. The highest BCUT2D eigenvalue weighted by atomic mass is 19.1. The predicted octanol–water partition coefficient (Wildman–Crippen LogP) is 2.35. The van der Waals surface area contributed by atoms with Crippen LogP contribution in [0.5, 0.6) is 11.5 Å². The first-order chi connectivity index (χ1) is 13.7. The normalized spacial score (nSPS) is 14.0. The number of hydrogen-bond donors (Lipinski definition) is 3. The highest BCUT2D eigenvalue weighted by Crippen LogP contribution is 2.41. The Morgan fingerprint density at radius 2 is 1.72 bits per heavy atom. The fourth-order valence-corrected chi connectivity index (χ4v) is 2.83. The molecule has 0 saturated carbocycles. The summed E-state index contributed by atoms with van der Waals surface area (Å²) < 4.78 is 37.1. The van der Waals surface area contributed by atoms with E-state index in [9.17, 15) is 23.8 Å². The third-order valence-electron chi connectivity index (χ3n) is 4.14. The number of aromatic nitrogens is 2. The Labute approximate surface area is 162 Å². The van der Waals surface area contributed by atoms with Crippen molar-refractivity contribution in [3.05, 3.63) is 65.5 Å². The molecular formula is C19H13F2N3O5. The maximum atomic E-state index is 13.7. The lowest BCUT2D eigenvalue weighted by atomic mass is 10.1. The first kappa shape index (κ1) is 18.7. The maximum Gasteiger partial charge on any atom is 0.505 e. The van der Waals surface area contributed by atoms with Crippen molar-refractivity contribution < 1.29 is 33.3 Å². The van der Waals surface area contributed by atoms with E-state index in [0.29, 0.717) is 16.8 Å². The molecule has 148 valence electrons. The number of halogens is 2. The minimum Gasteiger partial charge on any atom is -0.403 e. The molecule has 0 atom stereocenters. The maximum absolute atomic E-state index is 13.7. The van der Waals surface area contributed by atoms with Gasteiger partial charge in [0.25, 0.3) is 5.91 Å². The van der Waals surface area contributed by atoms with Crippen molar-refractivity contribution in [2.75, 3.05) is 5.32 Å². The number of benzene rings is 2. The number of carbonyl (C=O) groups excluding carboxylic acids is 1. The SMILES string of the molecule is Cc1cc2c(cc1-c1cnc(NC(=O)c3c(F)cccc3F)cn1)OC(O)(O)O2. The standard InChI is InChI=1S/C19H13F2N3O5/c1-9-5-14-15(29-19(26,27)28-14)6-10(9)13-7-23-16(8-22-13)24-18(25)17-11(20)3-2-4-12(17)21/h2-8,26-27H,1H3,(H,23,24,25). The summed E-state index contributed by atoms with van der Waals surface area (Å²) in [6, 6.07) is 6.14. The molecule has 1 aliphatic rings. The van der Waals surface area contributed by atoms with Gasteiger partial charge in [-0.25, -0.2) is 13.8 Å². The fraction of sp³-hybridized carbons (Fsp3) is 0.105. The summed E-state index contributed by atoms with van der Waals surface area (Å²) in [6.07, 6.45) is -0.184. The highest BCUT2D eigenvalue weighted by molar-refractivity contribution is 6.04. The van der Waals surface area contributed by atoms with Crippen molar-refractivity contribution in [1.29, 1.82) is 0 Å². The molecule has 0 fully saturated rings. The van der Waals surface area contributed by atoms with Crippen LogP contribution in [0.3, 0.4) is 0 Å². The summed E-state index contributed by atoms with van der Waals surface area (Å²) in [5.74, 6) is -2.74. The van der Waals surface area contributed by atoms with Crippen molar-refractivity contribution in [1.82, 2.24) is 9.97 Å². The van der Waals surface area contributed by atoms with E-state index in [1.807, 2.05) is 0 Å². The summed E-state index contributed by atoms with van der Waals surface area (Å²) in [5.41, 5.74) is 0.916. The van der Waals surface area contributed by atoms with Gasteiger partial charge in [-0.3, -0.25) is 20.0 Å². The lowest BCUT2D eigenvalue weighted by molar-refractivity contribution is -0.385. The van der Waals surface area contributed by atoms with Gasteiger partial charge in [0.1, 0.15) is 17.2 Å². The van der Waals surface area contributed by atoms with Crippen LogP contribution in [0, 0.1) is 18.6 Å². The van der Waals surface area contributed by atoms with Gasteiger partial charge >= 0.3 is 6.16 Å². The molecule has 0 bridgehead atoms. The van der Waals surface area contributed by atoms with Crippen LogP contribution in [0.2, 0.25) is 0 Å². The van der Waals surface area contributed by atoms with Gasteiger partial charge in [0, 0.05) is 5.56 Å². The number of nitrogens with one attached hydrogen (secondary N) is 1. The lowest BCUT2D eigenvalue weighted by Crippen LogP contribution is -2.37. The second-order valence-electron chi connectivity index (χ2n) is 6.20. The van der Waals surface area contributed by atoms with Crippen molar-refractivity contribution in [3.8, 4) is 22.8 Å². The van der Waals surface area contributed by atoms with E-state index in [1.165, 1.54) is 24.5 Å². The molecule has 8 nitrogen and oxygen atoms in total. The Bertz CT molecular complexity index is 1100. The molecule has 0 radical (unpaired) electrons. The van der Waals surface area contributed by atoms with E-state index in [4.69, 9.17) is 9.47 Å². The van der Waals surface area contributed by atoms with Crippen molar-refractivity contribution in [3.63, 3.8) is 0 Å². The zero-order valence-electron chi connectivity index (χ0n) is 14.8. The third-order valence-corrected chi connectivity index (χ3v) is 4.14. The fourth-order valence-electron chi connectivity index (χ4n) is 2.83. The van der Waals surface area contributed by atoms with Crippen LogP contribution in [0.15, 0.2) is 42.7 Å². The van der Waals surface area contributed by atoms with Gasteiger partial charge < -0.3 is 14.8 Å². The van der Waals surface area contributed by atoms with Crippen LogP contribution in [0.4, 0.5) is 14.6 Å². The number of hydrogen-bond acceptors (Lipinski definition) is 7. The van der Waals surface area contributed by atoms with Gasteiger partial charge in [0.05, 0.1) is 18.1 Å². The van der Waals surface area contributed by atoms with E-state index in [1.54, 1.807) is 6.92 Å². The van der Waals surface area contributed by atoms with E-state index in [-0.39, 0.29) is 17.3 Å². The third kappa shape index (κ3) is 3.58. The summed E-state index contributed by atoms with van der Waals surface area (Å²) in [6.45, 7) is 1.74. The van der Waals surface area contributed by atoms with Gasteiger partial charge in [-0.2, -0.15) is 0 Å². The van der Waals surface area contributed by atoms with Crippen LogP contribution >= 0.6 is 0 Å². The summed E-state index contributed by atoms with van der Waals surface area (Å²) >= 11 is 0. The molecule has 1 aliphatic heterocycles. The molecule has 10 heteroatoms. The number of anilines is 1. The van der Waals surface area contributed by atoms with Crippen LogP contribution in [-0.2, 0) is 0 Å². The van der Waals surface area contributed by atoms with Gasteiger partial charge in [0.15, 0.2) is 17.3 Å². The van der Waals surface area contributed by atoms with E-state index in [0.717, 1.165) is 18.2 Å². The molecule has 29 heavy (non-hydrogen) atoms. The summed E-state index contributed by atoms with van der Waals surface area (Å²) in [5, 5.41) is 21.1. The molecule has 1 aromatic heterocycles. The zero-order chi connectivity index (χ0) is 20.8. The summed E-state index contributed by atoms with van der Waals surface area (Å²) in [7, 11) is 0. The number of aryl methyl sites for hydroxylation is 1. The predicted molar refractivity (Wildman–Crippen MR) is 94.9 cm³/mol. The molecule has 4 rings (SSSR count). The molecule has 3 aromatic rings. The number of amides is 1. The first-order valence-electron chi connectivity index (χ1n) is 8.29. The van der Waals surface area contributed by atoms with Gasteiger partial charge in [0.2, 0.25) is 0 Å². The smallest absolute Gasteiger partial charge is 0.403 e. The van der Waals surface area contributed by atoms with Gasteiger partial charge in [-0.15, -0.1) is 0 Å². The number of ether oxygens (including phenoxy) is 2. The highest BCUT2D eigenvalue weighted by Gasteiger charge is 2.38. The minimum atomic E-state index is -2.74. The average Bonchev–Trinajstić information content (AvgIpc) is 2.94. The second kappa shape index (κ2) is 6.76. The van der Waals surface area contributed by atoms with Gasteiger partial charge in [-0.05, 0) is 36.8 Å². The minimum absolute atomic E-state index is 0.00969. The Morgan fingerprint density at radius 1 is 1.07 bits per heavy atom. The Balaban J connectivity index is 1.57. The topological polar surface area (TPSA) is 114 Å². The molecule has 2 heterocycles. The molecule has 0 saturated heterocycles. The Kier molecular flexibility index (Phi) is 4.36.